The van der Waals surface area contributed by atoms with Crippen molar-refractivity contribution in [3.63, 3.8) is 0 Å². The number of sulfone groups is 1. The first kappa shape index (κ1) is 13.6. The Hall–Kier alpha value is -1.86. The number of anilines is 1. The minimum atomic E-state index is -3.31. The second kappa shape index (κ2) is 5.02. The summed E-state index contributed by atoms with van der Waals surface area (Å²) >= 11 is 5.85. The van der Waals surface area contributed by atoms with Gasteiger partial charge in [0.05, 0.1) is 11.1 Å². The molecule has 0 radical (unpaired) electrons. The van der Waals surface area contributed by atoms with Crippen LogP contribution in [0.2, 0.25) is 5.02 Å². The van der Waals surface area contributed by atoms with Gasteiger partial charge in [0.15, 0.2) is 9.84 Å². The van der Waals surface area contributed by atoms with Crippen LogP contribution in [0, 0.1) is 0 Å². The van der Waals surface area contributed by atoms with Gasteiger partial charge in [-0.1, -0.05) is 17.7 Å². The van der Waals surface area contributed by atoms with Gasteiger partial charge in [0.25, 0.3) is 0 Å². The maximum absolute atomic E-state index is 11.4. The Morgan fingerprint density at radius 2 is 2.11 bits per heavy atom. The summed E-state index contributed by atoms with van der Waals surface area (Å²) in [6, 6.07) is 6.00. The van der Waals surface area contributed by atoms with E-state index in [1.165, 1.54) is 18.3 Å². The summed E-state index contributed by atoms with van der Waals surface area (Å²) in [6.45, 7) is 0. The third kappa shape index (κ3) is 3.33. The number of hydrogen-bond donors (Lipinski definition) is 1. The third-order valence-electron chi connectivity index (χ3n) is 2.18. The van der Waals surface area contributed by atoms with Crippen LogP contribution in [0.3, 0.4) is 0 Å². The van der Waals surface area contributed by atoms with Crippen molar-refractivity contribution in [1.29, 1.82) is 0 Å². The van der Waals surface area contributed by atoms with Gasteiger partial charge in [-0.05, 0) is 18.2 Å². The molecule has 0 saturated carbocycles. The fraction of sp³-hybridized carbons (Fsp3) is 0.0909. The molecule has 2 N–H and O–H groups in total. The van der Waals surface area contributed by atoms with Gasteiger partial charge in [-0.2, -0.15) is 4.98 Å². The maximum Gasteiger partial charge on any atom is 0.243 e. The van der Waals surface area contributed by atoms with Crippen molar-refractivity contribution in [3.05, 3.63) is 35.5 Å². The lowest BCUT2D eigenvalue weighted by atomic mass is 10.3. The number of aromatic nitrogens is 2. The number of hydrogen-bond acceptors (Lipinski definition) is 6. The van der Waals surface area contributed by atoms with Crippen LogP contribution in [0.15, 0.2) is 35.4 Å². The second-order valence-electron chi connectivity index (χ2n) is 3.73. The molecule has 2 aromatic rings. The zero-order valence-corrected chi connectivity index (χ0v) is 11.4. The van der Waals surface area contributed by atoms with E-state index in [0.29, 0.717) is 5.75 Å². The van der Waals surface area contributed by atoms with Crippen molar-refractivity contribution in [2.75, 3.05) is 12.0 Å². The summed E-state index contributed by atoms with van der Waals surface area (Å²) in [5.41, 5.74) is 5.42. The molecule has 1 aromatic carbocycles. The Morgan fingerprint density at radius 1 is 1.37 bits per heavy atom. The highest BCUT2D eigenvalue weighted by atomic mass is 35.5. The summed E-state index contributed by atoms with van der Waals surface area (Å²) in [5, 5.41) is 0.180. The van der Waals surface area contributed by atoms with Gasteiger partial charge in [-0.3, -0.25) is 0 Å². The Balaban J connectivity index is 2.36. The van der Waals surface area contributed by atoms with Crippen molar-refractivity contribution in [2.45, 2.75) is 4.90 Å². The highest BCUT2D eigenvalue weighted by molar-refractivity contribution is 7.90. The van der Waals surface area contributed by atoms with Crippen LogP contribution in [0.5, 0.6) is 11.6 Å². The van der Waals surface area contributed by atoms with Crippen molar-refractivity contribution in [1.82, 2.24) is 9.97 Å². The third-order valence-corrected chi connectivity index (χ3v) is 3.55. The topological polar surface area (TPSA) is 95.2 Å². The number of rotatable bonds is 3. The molecule has 0 bridgehead atoms. The summed E-state index contributed by atoms with van der Waals surface area (Å²) in [7, 11) is -3.31. The monoisotopic (exact) mass is 299 g/mol. The molecule has 0 aliphatic heterocycles. The minimum Gasteiger partial charge on any atom is -0.437 e. The van der Waals surface area contributed by atoms with E-state index >= 15 is 0 Å². The molecule has 1 aromatic heterocycles. The quantitative estimate of drug-likeness (QED) is 0.930. The number of halogens is 1. The Bertz CT molecular complexity index is 719. The first-order valence-electron chi connectivity index (χ1n) is 5.12. The van der Waals surface area contributed by atoms with Crippen LogP contribution in [0.1, 0.15) is 0 Å². The molecule has 0 atom stereocenters. The van der Waals surface area contributed by atoms with Crippen LogP contribution in [-0.4, -0.2) is 24.6 Å². The molecule has 1 heterocycles. The predicted molar refractivity (Wildman–Crippen MR) is 71.1 cm³/mol. The lowest BCUT2D eigenvalue weighted by molar-refractivity contribution is 0.461. The average molecular weight is 300 g/mol. The number of benzene rings is 1. The van der Waals surface area contributed by atoms with Crippen molar-refractivity contribution < 1.29 is 13.2 Å². The molecular formula is C11H10ClN3O3S. The minimum absolute atomic E-state index is 0.0127. The van der Waals surface area contributed by atoms with Gasteiger partial charge in [0.2, 0.25) is 11.8 Å². The summed E-state index contributed by atoms with van der Waals surface area (Å²) in [6.07, 6.45) is 2.42. The van der Waals surface area contributed by atoms with Gasteiger partial charge in [-0.15, -0.1) is 0 Å². The zero-order chi connectivity index (χ0) is 14.0. The van der Waals surface area contributed by atoms with E-state index in [1.54, 1.807) is 12.1 Å². The van der Waals surface area contributed by atoms with E-state index in [4.69, 9.17) is 22.1 Å². The van der Waals surface area contributed by atoms with E-state index < -0.39 is 9.84 Å². The van der Waals surface area contributed by atoms with Crippen molar-refractivity contribution in [3.8, 4) is 11.6 Å². The number of nitrogen functional groups attached to an aromatic ring is 1. The van der Waals surface area contributed by atoms with E-state index in [2.05, 4.69) is 9.97 Å². The Labute approximate surface area is 115 Å². The Morgan fingerprint density at radius 3 is 2.79 bits per heavy atom. The fourth-order valence-electron chi connectivity index (χ4n) is 1.32. The lowest BCUT2D eigenvalue weighted by Crippen LogP contribution is -1.99. The number of nitrogens with two attached hydrogens (primary N) is 1. The van der Waals surface area contributed by atoms with Gasteiger partial charge in [0, 0.05) is 6.26 Å². The largest absolute Gasteiger partial charge is 0.437 e. The zero-order valence-electron chi connectivity index (χ0n) is 9.87. The van der Waals surface area contributed by atoms with E-state index in [-0.39, 0.29) is 21.7 Å². The second-order valence-corrected chi connectivity index (χ2v) is 6.15. The van der Waals surface area contributed by atoms with Gasteiger partial charge >= 0.3 is 0 Å². The van der Waals surface area contributed by atoms with Gasteiger partial charge < -0.3 is 10.5 Å². The number of ether oxygens (including phenoxy) is 1. The Kier molecular flexibility index (Phi) is 3.59. The van der Waals surface area contributed by atoms with Crippen molar-refractivity contribution in [2.24, 2.45) is 0 Å². The highest BCUT2D eigenvalue weighted by Gasteiger charge is 2.10. The summed E-state index contributed by atoms with van der Waals surface area (Å²) in [4.78, 5) is 7.66. The smallest absolute Gasteiger partial charge is 0.243 e. The standard InChI is InChI=1S/C11H10ClN3O3S/c1-19(16,17)8-4-2-3-7(5-8)18-10-9(12)6-14-11(13)15-10/h2-6H,1H3,(H2,13,14,15). The molecule has 100 valence electrons. The molecule has 0 unspecified atom stereocenters. The first-order valence-corrected chi connectivity index (χ1v) is 7.39. The molecule has 0 aliphatic carbocycles. The first-order chi connectivity index (χ1) is 8.86. The molecule has 0 aliphatic rings. The lowest BCUT2D eigenvalue weighted by Gasteiger charge is -2.07. The SMILES string of the molecule is CS(=O)(=O)c1cccc(Oc2nc(N)ncc2Cl)c1. The van der Waals surface area contributed by atoms with Crippen LogP contribution in [0.4, 0.5) is 5.95 Å². The van der Waals surface area contributed by atoms with E-state index in [9.17, 15) is 8.42 Å². The molecule has 8 heteroatoms. The molecule has 0 spiro atoms. The molecule has 0 fully saturated rings. The molecule has 2 rings (SSSR count). The summed E-state index contributed by atoms with van der Waals surface area (Å²) in [5.74, 6) is 0.376. The van der Waals surface area contributed by atoms with E-state index in [0.717, 1.165) is 6.26 Å². The molecule has 0 amide bonds. The molecule has 0 saturated heterocycles. The van der Waals surface area contributed by atoms with Crippen LogP contribution in [0.25, 0.3) is 0 Å². The molecule has 19 heavy (non-hydrogen) atoms. The predicted octanol–water partition coefficient (Wildman–Crippen LogP) is 1.91. The fourth-order valence-corrected chi connectivity index (χ4v) is 2.10. The van der Waals surface area contributed by atoms with Crippen molar-refractivity contribution >= 4 is 27.4 Å². The number of nitrogens with zero attached hydrogens (tertiary/aromatic N) is 2. The summed E-state index contributed by atoms with van der Waals surface area (Å²) < 4.78 is 28.3. The van der Waals surface area contributed by atoms with Crippen LogP contribution >= 0.6 is 11.6 Å². The van der Waals surface area contributed by atoms with Gasteiger partial charge in [-0.25, -0.2) is 13.4 Å². The normalized spacial score (nSPS) is 11.3. The average Bonchev–Trinajstić information content (AvgIpc) is 2.33. The highest BCUT2D eigenvalue weighted by Crippen LogP contribution is 2.28. The maximum atomic E-state index is 11.4. The van der Waals surface area contributed by atoms with Crippen LogP contribution < -0.4 is 10.5 Å². The molecule has 6 nitrogen and oxygen atoms in total. The van der Waals surface area contributed by atoms with Crippen LogP contribution in [-0.2, 0) is 9.84 Å². The van der Waals surface area contributed by atoms with E-state index in [1.807, 2.05) is 0 Å². The van der Waals surface area contributed by atoms with Gasteiger partial charge in [0.1, 0.15) is 10.8 Å². The molecular weight excluding hydrogens is 290 g/mol.